The van der Waals surface area contributed by atoms with Crippen LogP contribution < -0.4 is 5.56 Å². The molecule has 0 unspecified atom stereocenters. The number of aromatic nitrogens is 2. The molecule has 3 nitrogen and oxygen atoms in total. The molecule has 0 aliphatic heterocycles. The summed E-state index contributed by atoms with van der Waals surface area (Å²) >= 11 is 1.70. The molecule has 124 valence electrons. The van der Waals surface area contributed by atoms with E-state index in [4.69, 9.17) is 0 Å². The molecule has 0 aliphatic rings. The molecule has 0 aliphatic carbocycles. The number of thioether (sulfide) groups is 1. The lowest BCUT2D eigenvalue weighted by atomic mass is 9.87. The molecule has 0 saturated heterocycles. The maximum Gasteiger partial charge on any atom is 0.258 e. The molecule has 0 saturated carbocycles. The summed E-state index contributed by atoms with van der Waals surface area (Å²) in [5, 5.41) is 0. The zero-order valence-electron chi connectivity index (χ0n) is 14.5. The predicted octanol–water partition coefficient (Wildman–Crippen LogP) is 4.59. The zero-order chi connectivity index (χ0) is 17.3. The highest BCUT2D eigenvalue weighted by molar-refractivity contribution is 7.98. The number of fused-ring (bicyclic) bond motifs is 1. The molecular weight excluding hydrogens is 316 g/mol. The quantitative estimate of drug-likeness (QED) is 0.655. The largest absolute Gasteiger partial charge is 0.269 e. The summed E-state index contributed by atoms with van der Waals surface area (Å²) in [4.78, 5) is 18.1. The van der Waals surface area contributed by atoms with E-state index < -0.39 is 0 Å². The first kappa shape index (κ1) is 16.8. The van der Waals surface area contributed by atoms with Crippen LogP contribution in [0.5, 0.6) is 0 Å². The van der Waals surface area contributed by atoms with E-state index in [1.807, 2.05) is 25.1 Å². The fourth-order valence-electron chi connectivity index (χ4n) is 2.65. The zero-order valence-corrected chi connectivity index (χ0v) is 15.4. The van der Waals surface area contributed by atoms with Crippen LogP contribution in [0.25, 0.3) is 5.65 Å². The number of aryl methyl sites for hydroxylation is 1. The van der Waals surface area contributed by atoms with Crippen LogP contribution in [0.1, 0.15) is 37.7 Å². The van der Waals surface area contributed by atoms with Gasteiger partial charge in [0.2, 0.25) is 0 Å². The Hall–Kier alpha value is -2.07. The van der Waals surface area contributed by atoms with E-state index in [2.05, 4.69) is 50.0 Å². The standard InChI is InChI=1S/C20H22N2OS/c1-14-6-5-7-18-21-16(12-19(23)22(14)18)13-24-17-10-8-15(9-11-17)20(2,3)4/h5-12H,13H2,1-4H3. The number of hydrogen-bond donors (Lipinski definition) is 0. The minimum absolute atomic E-state index is 0.0169. The van der Waals surface area contributed by atoms with E-state index in [0.717, 1.165) is 11.4 Å². The summed E-state index contributed by atoms with van der Waals surface area (Å²) in [5.74, 6) is 0.689. The monoisotopic (exact) mass is 338 g/mol. The van der Waals surface area contributed by atoms with Crippen molar-refractivity contribution >= 4 is 17.4 Å². The Kier molecular flexibility index (Phi) is 4.50. The summed E-state index contributed by atoms with van der Waals surface area (Å²) in [6.45, 7) is 8.55. The summed E-state index contributed by atoms with van der Waals surface area (Å²) in [6.07, 6.45) is 0. The molecule has 0 N–H and O–H groups in total. The lowest BCUT2D eigenvalue weighted by Gasteiger charge is -2.19. The van der Waals surface area contributed by atoms with Crippen LogP contribution >= 0.6 is 11.8 Å². The molecule has 1 aromatic carbocycles. The van der Waals surface area contributed by atoms with Gasteiger partial charge in [0.25, 0.3) is 5.56 Å². The van der Waals surface area contributed by atoms with Gasteiger partial charge in [-0.3, -0.25) is 9.20 Å². The molecule has 0 fully saturated rings. The van der Waals surface area contributed by atoms with Gasteiger partial charge in [-0.05, 0) is 42.2 Å². The van der Waals surface area contributed by atoms with Crippen LogP contribution in [0.2, 0.25) is 0 Å². The van der Waals surface area contributed by atoms with Crippen molar-refractivity contribution in [3.63, 3.8) is 0 Å². The van der Waals surface area contributed by atoms with E-state index in [-0.39, 0.29) is 11.0 Å². The van der Waals surface area contributed by atoms with E-state index in [1.165, 1.54) is 10.5 Å². The Morgan fingerprint density at radius 1 is 1.08 bits per heavy atom. The SMILES string of the molecule is Cc1cccc2nc(CSc3ccc(C(C)(C)C)cc3)cc(=O)n12. The van der Waals surface area contributed by atoms with Gasteiger partial charge in [-0.1, -0.05) is 39.0 Å². The highest BCUT2D eigenvalue weighted by Crippen LogP contribution is 2.27. The molecule has 0 radical (unpaired) electrons. The van der Waals surface area contributed by atoms with Gasteiger partial charge in [0.05, 0.1) is 5.69 Å². The normalized spacial score (nSPS) is 11.8. The minimum atomic E-state index is -0.0169. The third kappa shape index (κ3) is 3.54. The van der Waals surface area contributed by atoms with Crippen LogP contribution in [-0.2, 0) is 11.2 Å². The minimum Gasteiger partial charge on any atom is -0.269 e. The number of pyridine rings is 1. The second-order valence-corrected chi connectivity index (χ2v) is 8.06. The molecule has 3 aromatic rings. The Bertz CT molecular complexity index is 921. The van der Waals surface area contributed by atoms with Crippen molar-refractivity contribution < 1.29 is 0 Å². The topological polar surface area (TPSA) is 34.4 Å². The van der Waals surface area contributed by atoms with Gasteiger partial charge >= 0.3 is 0 Å². The van der Waals surface area contributed by atoms with Gasteiger partial charge in [-0.25, -0.2) is 4.98 Å². The summed E-state index contributed by atoms with van der Waals surface area (Å²) in [7, 11) is 0. The Morgan fingerprint density at radius 3 is 2.46 bits per heavy atom. The van der Waals surface area contributed by atoms with Crippen LogP contribution in [0, 0.1) is 6.92 Å². The third-order valence-electron chi connectivity index (χ3n) is 4.04. The van der Waals surface area contributed by atoms with Crippen molar-refractivity contribution in [2.24, 2.45) is 0 Å². The smallest absolute Gasteiger partial charge is 0.258 e. The van der Waals surface area contributed by atoms with Gasteiger partial charge < -0.3 is 0 Å². The van der Waals surface area contributed by atoms with Crippen molar-refractivity contribution in [3.8, 4) is 0 Å². The second kappa shape index (κ2) is 6.44. The van der Waals surface area contributed by atoms with Gasteiger partial charge in [0, 0.05) is 22.4 Å². The summed E-state index contributed by atoms with van der Waals surface area (Å²) in [5.41, 5.74) is 3.90. The van der Waals surface area contributed by atoms with Crippen LogP contribution in [0.3, 0.4) is 0 Å². The maximum atomic E-state index is 12.3. The lowest BCUT2D eigenvalue weighted by Crippen LogP contribution is -2.17. The first-order valence-corrected chi connectivity index (χ1v) is 9.05. The van der Waals surface area contributed by atoms with Crippen molar-refractivity contribution in [1.29, 1.82) is 0 Å². The lowest BCUT2D eigenvalue weighted by molar-refractivity contribution is 0.590. The number of nitrogens with zero attached hydrogens (tertiary/aromatic N) is 2. The van der Waals surface area contributed by atoms with Crippen LogP contribution in [-0.4, -0.2) is 9.38 Å². The fraction of sp³-hybridized carbons (Fsp3) is 0.300. The number of hydrogen-bond acceptors (Lipinski definition) is 3. The molecule has 2 heterocycles. The molecule has 0 spiro atoms. The van der Waals surface area contributed by atoms with Crippen molar-refractivity contribution in [1.82, 2.24) is 9.38 Å². The van der Waals surface area contributed by atoms with E-state index >= 15 is 0 Å². The first-order chi connectivity index (χ1) is 11.3. The van der Waals surface area contributed by atoms with E-state index in [0.29, 0.717) is 11.4 Å². The van der Waals surface area contributed by atoms with E-state index in [9.17, 15) is 4.79 Å². The molecular formula is C20H22N2OS. The average Bonchev–Trinajstić information content (AvgIpc) is 2.52. The summed E-state index contributed by atoms with van der Waals surface area (Å²) in [6, 6.07) is 16.0. The Labute approximate surface area is 146 Å². The van der Waals surface area contributed by atoms with Gasteiger partial charge in [-0.2, -0.15) is 0 Å². The second-order valence-electron chi connectivity index (χ2n) is 7.01. The Balaban J connectivity index is 1.80. The molecule has 2 aromatic heterocycles. The van der Waals surface area contributed by atoms with Crippen LogP contribution in [0.15, 0.2) is 58.2 Å². The number of rotatable bonds is 3. The third-order valence-corrected chi connectivity index (χ3v) is 5.09. The molecule has 0 amide bonds. The van der Waals surface area contributed by atoms with Gasteiger partial charge in [0.1, 0.15) is 5.65 Å². The predicted molar refractivity (Wildman–Crippen MR) is 101 cm³/mol. The Morgan fingerprint density at radius 2 is 1.79 bits per heavy atom. The average molecular weight is 338 g/mol. The van der Waals surface area contributed by atoms with Crippen molar-refractivity contribution in [3.05, 3.63) is 75.8 Å². The molecule has 0 bridgehead atoms. The van der Waals surface area contributed by atoms with Gasteiger partial charge in [-0.15, -0.1) is 11.8 Å². The van der Waals surface area contributed by atoms with Gasteiger partial charge in [0.15, 0.2) is 0 Å². The molecule has 24 heavy (non-hydrogen) atoms. The highest BCUT2D eigenvalue weighted by atomic mass is 32.2. The maximum absolute atomic E-state index is 12.3. The fourth-order valence-corrected chi connectivity index (χ4v) is 3.44. The van der Waals surface area contributed by atoms with E-state index in [1.54, 1.807) is 22.2 Å². The van der Waals surface area contributed by atoms with Crippen LogP contribution in [0.4, 0.5) is 0 Å². The molecule has 4 heteroatoms. The summed E-state index contributed by atoms with van der Waals surface area (Å²) < 4.78 is 1.65. The molecule has 3 rings (SSSR count). The highest BCUT2D eigenvalue weighted by Gasteiger charge is 2.13. The molecule has 0 atom stereocenters. The van der Waals surface area contributed by atoms with Crippen molar-refractivity contribution in [2.75, 3.05) is 0 Å². The first-order valence-electron chi connectivity index (χ1n) is 8.06. The van der Waals surface area contributed by atoms with Crippen molar-refractivity contribution in [2.45, 2.75) is 43.8 Å². The number of benzene rings is 1.